The minimum atomic E-state index is -0.177. The molecule has 21 heavy (non-hydrogen) atoms. The highest BCUT2D eigenvalue weighted by Crippen LogP contribution is 2.29. The molecule has 1 aliphatic rings. The molecule has 116 valence electrons. The van der Waals surface area contributed by atoms with Crippen LogP contribution in [0.4, 0.5) is 10.1 Å². The van der Waals surface area contributed by atoms with Gasteiger partial charge < -0.3 is 15.5 Å². The number of benzene rings is 1. The molecule has 2 rings (SSSR count). The molecule has 1 fully saturated rings. The fourth-order valence-electron chi connectivity index (χ4n) is 2.89. The van der Waals surface area contributed by atoms with Crippen LogP contribution in [0.25, 0.3) is 0 Å². The number of para-hydroxylation sites is 1. The summed E-state index contributed by atoms with van der Waals surface area (Å²) < 4.78 is 14.2. The smallest absolute Gasteiger partial charge is 0.222 e. The van der Waals surface area contributed by atoms with E-state index in [-0.39, 0.29) is 17.6 Å². The molecule has 1 amide bonds. The van der Waals surface area contributed by atoms with Gasteiger partial charge in [0.05, 0.1) is 5.69 Å². The van der Waals surface area contributed by atoms with Gasteiger partial charge in [0.1, 0.15) is 5.82 Å². The molecule has 0 radical (unpaired) electrons. The third-order valence-electron chi connectivity index (χ3n) is 4.06. The van der Waals surface area contributed by atoms with E-state index in [0.29, 0.717) is 12.2 Å². The molecule has 2 N–H and O–H groups in total. The minimum Gasteiger partial charge on any atom is -0.369 e. The summed E-state index contributed by atoms with van der Waals surface area (Å²) in [6.45, 7) is 5.00. The Bertz CT molecular complexity index is 484. The first-order valence-electron chi connectivity index (χ1n) is 7.62. The van der Waals surface area contributed by atoms with Crippen molar-refractivity contribution in [3.8, 4) is 0 Å². The van der Waals surface area contributed by atoms with Gasteiger partial charge in [-0.25, -0.2) is 4.39 Å². The molecule has 0 spiro atoms. The number of hydrogen-bond acceptors (Lipinski definition) is 3. The van der Waals surface area contributed by atoms with Gasteiger partial charge in [0.2, 0.25) is 5.91 Å². The van der Waals surface area contributed by atoms with Crippen LogP contribution in [0.3, 0.4) is 0 Å². The first-order valence-corrected chi connectivity index (χ1v) is 7.62. The third-order valence-corrected chi connectivity index (χ3v) is 4.06. The molecule has 0 aromatic heterocycles. The molecular formula is C16H24FN3O. The van der Waals surface area contributed by atoms with Gasteiger partial charge >= 0.3 is 0 Å². The van der Waals surface area contributed by atoms with Gasteiger partial charge in [0, 0.05) is 32.6 Å². The van der Waals surface area contributed by atoms with E-state index in [0.717, 1.165) is 38.0 Å². The summed E-state index contributed by atoms with van der Waals surface area (Å²) in [6.07, 6.45) is 1.54. The van der Waals surface area contributed by atoms with Crippen LogP contribution in [-0.2, 0) is 11.3 Å². The van der Waals surface area contributed by atoms with Crippen molar-refractivity contribution in [3.05, 3.63) is 29.6 Å². The summed E-state index contributed by atoms with van der Waals surface area (Å²) in [5.74, 6) is -0.0323. The molecule has 1 heterocycles. The zero-order valence-corrected chi connectivity index (χ0v) is 12.8. The maximum atomic E-state index is 14.2. The van der Waals surface area contributed by atoms with E-state index in [1.54, 1.807) is 13.1 Å². The van der Waals surface area contributed by atoms with Gasteiger partial charge in [-0.3, -0.25) is 4.79 Å². The SMILES string of the molecule is CCNCc1cccc(F)c1N1CCC(C(=O)NC)CC1. The van der Waals surface area contributed by atoms with Crippen molar-refractivity contribution < 1.29 is 9.18 Å². The van der Waals surface area contributed by atoms with Crippen LogP contribution in [0.15, 0.2) is 18.2 Å². The lowest BCUT2D eigenvalue weighted by Gasteiger charge is -2.34. The fourth-order valence-corrected chi connectivity index (χ4v) is 2.89. The minimum absolute atomic E-state index is 0.0511. The normalized spacial score (nSPS) is 16.0. The maximum Gasteiger partial charge on any atom is 0.222 e. The van der Waals surface area contributed by atoms with Crippen molar-refractivity contribution in [1.82, 2.24) is 10.6 Å². The quantitative estimate of drug-likeness (QED) is 0.871. The summed E-state index contributed by atoms with van der Waals surface area (Å²) >= 11 is 0. The Kier molecular flexibility index (Phi) is 5.56. The topological polar surface area (TPSA) is 44.4 Å². The van der Waals surface area contributed by atoms with Crippen LogP contribution in [0.2, 0.25) is 0 Å². The van der Waals surface area contributed by atoms with Crippen molar-refractivity contribution in [3.63, 3.8) is 0 Å². The van der Waals surface area contributed by atoms with Crippen molar-refractivity contribution in [2.75, 3.05) is 31.6 Å². The van der Waals surface area contributed by atoms with Gasteiger partial charge in [-0.2, -0.15) is 0 Å². The highest BCUT2D eigenvalue weighted by Gasteiger charge is 2.26. The zero-order chi connectivity index (χ0) is 15.2. The standard InChI is InChI=1S/C16H24FN3O/c1-3-19-11-13-5-4-6-14(17)15(13)20-9-7-12(8-10-20)16(21)18-2/h4-6,12,19H,3,7-11H2,1-2H3,(H,18,21). The average Bonchev–Trinajstić information content (AvgIpc) is 2.52. The van der Waals surface area contributed by atoms with Crippen molar-refractivity contribution in [2.24, 2.45) is 5.92 Å². The highest BCUT2D eigenvalue weighted by molar-refractivity contribution is 5.78. The van der Waals surface area contributed by atoms with E-state index >= 15 is 0 Å². The largest absolute Gasteiger partial charge is 0.369 e. The number of rotatable bonds is 5. The molecule has 0 unspecified atom stereocenters. The van der Waals surface area contributed by atoms with Crippen LogP contribution in [0.1, 0.15) is 25.3 Å². The Morgan fingerprint density at radius 2 is 2.10 bits per heavy atom. The lowest BCUT2D eigenvalue weighted by atomic mass is 9.95. The molecule has 1 aromatic carbocycles. The molecule has 0 bridgehead atoms. The van der Waals surface area contributed by atoms with Gasteiger partial charge in [-0.1, -0.05) is 19.1 Å². The van der Waals surface area contributed by atoms with Gasteiger partial charge in [-0.15, -0.1) is 0 Å². The van der Waals surface area contributed by atoms with Crippen LogP contribution in [0.5, 0.6) is 0 Å². The second-order valence-electron chi connectivity index (χ2n) is 5.40. The Hall–Kier alpha value is -1.62. The second kappa shape index (κ2) is 7.41. The fraction of sp³-hybridized carbons (Fsp3) is 0.562. The summed E-state index contributed by atoms with van der Waals surface area (Å²) in [7, 11) is 1.67. The van der Waals surface area contributed by atoms with Crippen molar-refractivity contribution >= 4 is 11.6 Å². The molecule has 5 heteroatoms. The van der Waals surface area contributed by atoms with E-state index < -0.39 is 0 Å². The number of anilines is 1. The molecule has 1 aliphatic heterocycles. The zero-order valence-electron chi connectivity index (χ0n) is 12.8. The second-order valence-corrected chi connectivity index (χ2v) is 5.40. The van der Waals surface area contributed by atoms with Gasteiger partial charge in [0.15, 0.2) is 0 Å². The molecule has 0 aliphatic carbocycles. The van der Waals surface area contributed by atoms with Crippen LogP contribution >= 0.6 is 0 Å². The summed E-state index contributed by atoms with van der Waals surface area (Å²) in [5.41, 5.74) is 1.67. The van der Waals surface area contributed by atoms with E-state index in [1.807, 2.05) is 13.0 Å². The summed E-state index contributed by atoms with van der Waals surface area (Å²) in [5, 5.41) is 5.95. The number of nitrogens with zero attached hydrogens (tertiary/aromatic N) is 1. The predicted octanol–water partition coefficient (Wildman–Crippen LogP) is 1.90. The van der Waals surface area contributed by atoms with Crippen LogP contribution in [0, 0.1) is 11.7 Å². The molecule has 0 saturated carbocycles. The van der Waals surface area contributed by atoms with E-state index in [9.17, 15) is 9.18 Å². The number of carbonyl (C=O) groups is 1. The first-order chi connectivity index (χ1) is 10.2. The Morgan fingerprint density at radius 3 is 2.71 bits per heavy atom. The molecular weight excluding hydrogens is 269 g/mol. The highest BCUT2D eigenvalue weighted by atomic mass is 19.1. The van der Waals surface area contributed by atoms with E-state index in [1.165, 1.54) is 6.07 Å². The molecule has 1 aromatic rings. The number of nitrogens with one attached hydrogen (secondary N) is 2. The van der Waals surface area contributed by atoms with Gasteiger partial charge in [-0.05, 0) is 31.0 Å². The number of halogens is 1. The predicted molar refractivity (Wildman–Crippen MR) is 82.8 cm³/mol. The summed E-state index contributed by atoms with van der Waals surface area (Å²) in [4.78, 5) is 13.7. The lowest BCUT2D eigenvalue weighted by molar-refractivity contribution is -0.125. The van der Waals surface area contributed by atoms with Crippen molar-refractivity contribution in [2.45, 2.75) is 26.3 Å². The Morgan fingerprint density at radius 1 is 1.38 bits per heavy atom. The molecule has 0 atom stereocenters. The number of amides is 1. The maximum absolute atomic E-state index is 14.2. The first kappa shape index (κ1) is 15.8. The number of carbonyl (C=O) groups excluding carboxylic acids is 1. The number of hydrogen-bond donors (Lipinski definition) is 2. The number of piperidine rings is 1. The Labute approximate surface area is 125 Å². The lowest BCUT2D eigenvalue weighted by Crippen LogP contribution is -2.40. The molecule has 1 saturated heterocycles. The average molecular weight is 293 g/mol. The van der Waals surface area contributed by atoms with E-state index in [4.69, 9.17) is 0 Å². The summed E-state index contributed by atoms with van der Waals surface area (Å²) in [6, 6.07) is 5.23. The van der Waals surface area contributed by atoms with Crippen molar-refractivity contribution in [1.29, 1.82) is 0 Å². The van der Waals surface area contributed by atoms with Gasteiger partial charge in [0.25, 0.3) is 0 Å². The van der Waals surface area contributed by atoms with Crippen LogP contribution < -0.4 is 15.5 Å². The monoisotopic (exact) mass is 293 g/mol. The Balaban J connectivity index is 2.10. The molecule has 4 nitrogen and oxygen atoms in total. The van der Waals surface area contributed by atoms with E-state index in [2.05, 4.69) is 15.5 Å². The third kappa shape index (κ3) is 3.73. The van der Waals surface area contributed by atoms with Crippen LogP contribution in [-0.4, -0.2) is 32.6 Å².